The van der Waals surface area contributed by atoms with Gasteiger partial charge in [-0.2, -0.15) is 10.4 Å². The van der Waals surface area contributed by atoms with Crippen LogP contribution in [0.15, 0.2) is 54.9 Å². The summed E-state index contributed by atoms with van der Waals surface area (Å²) in [5, 5.41) is 33.0. The van der Waals surface area contributed by atoms with Crippen molar-refractivity contribution in [2.45, 2.75) is 50.6 Å². The van der Waals surface area contributed by atoms with Crippen LogP contribution in [0.25, 0.3) is 27.5 Å². The molecule has 294 valence electrons. The Kier molecular flexibility index (Phi) is 9.52. The molecule has 3 fully saturated rings. The van der Waals surface area contributed by atoms with E-state index in [4.69, 9.17) is 4.98 Å². The highest BCUT2D eigenvalue weighted by atomic mass is 32.1. The van der Waals surface area contributed by atoms with Crippen molar-refractivity contribution in [3.63, 3.8) is 0 Å². The number of hydrogen-bond donors (Lipinski definition) is 3. The van der Waals surface area contributed by atoms with Crippen LogP contribution < -0.4 is 25.8 Å². The maximum Gasteiger partial charge on any atom is 0.264 e. The van der Waals surface area contributed by atoms with Crippen molar-refractivity contribution in [2.75, 3.05) is 48.3 Å². The average molecular weight is 799 g/mol. The van der Waals surface area contributed by atoms with E-state index in [0.29, 0.717) is 37.2 Å². The number of nitrogens with one attached hydrogen (secondary N) is 3. The Hall–Kier alpha value is -6.74. The molecule has 5 aromatic rings. The molecule has 0 bridgehead atoms. The lowest BCUT2D eigenvalue weighted by molar-refractivity contribution is -0.136. The molecule has 9 rings (SSSR count). The Bertz CT molecular complexity index is 2550. The number of benzene rings is 1. The highest BCUT2D eigenvalue weighted by Crippen LogP contribution is 2.38. The number of carbonyl (C=O) groups excluding carboxylic acids is 5. The molecule has 5 amide bonds. The quantitative estimate of drug-likeness (QED) is 0.193. The lowest BCUT2D eigenvalue weighted by Crippen LogP contribution is -2.54. The maximum absolute atomic E-state index is 13.6. The number of nitriles is 1. The van der Waals surface area contributed by atoms with E-state index < -0.39 is 29.7 Å². The first-order valence-electron chi connectivity index (χ1n) is 19.3. The van der Waals surface area contributed by atoms with Crippen molar-refractivity contribution in [2.24, 2.45) is 5.92 Å². The predicted octanol–water partition coefficient (Wildman–Crippen LogP) is 3.23. The normalized spacial score (nSPS) is 19.0. The fourth-order valence-electron chi connectivity index (χ4n) is 8.36. The molecular weight excluding hydrogens is 761 g/mol. The van der Waals surface area contributed by atoms with Crippen molar-refractivity contribution in [3.05, 3.63) is 71.5 Å². The van der Waals surface area contributed by atoms with Gasteiger partial charge >= 0.3 is 0 Å². The summed E-state index contributed by atoms with van der Waals surface area (Å²) in [6.07, 6.45) is 6.19. The minimum absolute atomic E-state index is 0.0243. The lowest BCUT2D eigenvalue weighted by Gasteiger charge is -2.36. The minimum atomic E-state index is -1.03. The Labute approximate surface area is 336 Å². The molecule has 0 radical (unpaired) electrons. The summed E-state index contributed by atoms with van der Waals surface area (Å²) in [4.78, 5) is 74.6. The topological polar surface area (TPSA) is 211 Å². The lowest BCUT2D eigenvalue weighted by atomic mass is 9.93. The van der Waals surface area contributed by atoms with Crippen molar-refractivity contribution in [1.29, 1.82) is 5.26 Å². The third-order valence-electron chi connectivity index (χ3n) is 11.5. The number of anilines is 3. The second kappa shape index (κ2) is 15.0. The van der Waals surface area contributed by atoms with Gasteiger partial charge in [-0.3, -0.25) is 39.2 Å². The van der Waals surface area contributed by atoms with Crippen molar-refractivity contribution < 1.29 is 24.0 Å². The van der Waals surface area contributed by atoms with Crippen LogP contribution in [0.3, 0.4) is 0 Å². The monoisotopic (exact) mass is 798 g/mol. The molecule has 3 saturated heterocycles. The SMILES string of the molecule is CNc1cc(-c2ccc3cc(C#N)cnn23)ncc1-c1nnc(N2CCC(NC(=O)C3CCN(c4cccc5c4C(=O)N(C4CCC(=O)NC4=O)C5=O)CC3)CC2)s1. The highest BCUT2D eigenvalue weighted by molar-refractivity contribution is 7.18. The Morgan fingerprint density at radius 2 is 1.71 bits per heavy atom. The summed E-state index contributed by atoms with van der Waals surface area (Å²) in [5.41, 5.74) is 5.62. The van der Waals surface area contributed by atoms with Crippen LogP contribution in [-0.2, 0) is 14.4 Å². The van der Waals surface area contributed by atoms with Gasteiger partial charge in [-0.15, -0.1) is 10.2 Å². The smallest absolute Gasteiger partial charge is 0.264 e. The molecule has 1 aromatic carbocycles. The molecule has 8 heterocycles. The number of fused-ring (bicyclic) bond motifs is 2. The predicted molar refractivity (Wildman–Crippen MR) is 213 cm³/mol. The zero-order chi connectivity index (χ0) is 40.1. The molecule has 0 saturated carbocycles. The number of carbonyl (C=O) groups is 5. The van der Waals surface area contributed by atoms with E-state index in [1.54, 1.807) is 35.0 Å². The fourth-order valence-corrected chi connectivity index (χ4v) is 9.28. The zero-order valence-corrected chi connectivity index (χ0v) is 32.3. The number of aromatic nitrogens is 5. The van der Waals surface area contributed by atoms with Crippen LogP contribution in [0.4, 0.5) is 16.5 Å². The van der Waals surface area contributed by atoms with Gasteiger partial charge in [0.25, 0.3) is 11.8 Å². The number of rotatable bonds is 8. The molecule has 0 spiro atoms. The highest BCUT2D eigenvalue weighted by Gasteiger charge is 2.46. The minimum Gasteiger partial charge on any atom is -0.387 e. The fraction of sp³-hybridized carbons (Fsp3) is 0.350. The largest absolute Gasteiger partial charge is 0.387 e. The average Bonchev–Trinajstić information content (AvgIpc) is 3.97. The van der Waals surface area contributed by atoms with Gasteiger partial charge < -0.3 is 20.4 Å². The summed E-state index contributed by atoms with van der Waals surface area (Å²) in [5.74, 6) is -2.28. The number of piperidine rings is 3. The summed E-state index contributed by atoms with van der Waals surface area (Å²) < 4.78 is 1.76. The van der Waals surface area contributed by atoms with Crippen LogP contribution in [0.2, 0.25) is 0 Å². The maximum atomic E-state index is 13.6. The second-order valence-electron chi connectivity index (χ2n) is 14.8. The van der Waals surface area contributed by atoms with Gasteiger partial charge in [0.2, 0.25) is 22.9 Å². The van der Waals surface area contributed by atoms with Gasteiger partial charge in [0, 0.05) is 63.5 Å². The van der Waals surface area contributed by atoms with Crippen LogP contribution in [0.5, 0.6) is 0 Å². The number of hydrogen-bond acceptors (Lipinski definition) is 14. The van der Waals surface area contributed by atoms with E-state index in [2.05, 4.69) is 42.2 Å². The Balaban J connectivity index is 0.787. The summed E-state index contributed by atoms with van der Waals surface area (Å²) in [7, 11) is 1.85. The van der Waals surface area contributed by atoms with Gasteiger partial charge in [-0.25, -0.2) is 4.52 Å². The van der Waals surface area contributed by atoms with Gasteiger partial charge in [-0.05, 0) is 68.5 Å². The molecule has 17 nitrogen and oxygen atoms in total. The summed E-state index contributed by atoms with van der Waals surface area (Å²) in [6.45, 7) is 2.50. The molecule has 58 heavy (non-hydrogen) atoms. The van der Waals surface area contributed by atoms with Gasteiger partial charge in [0.15, 0.2) is 5.01 Å². The number of pyridine rings is 1. The van der Waals surface area contributed by atoms with Gasteiger partial charge in [0.05, 0.1) is 51.0 Å². The first kappa shape index (κ1) is 36.9. The van der Waals surface area contributed by atoms with E-state index in [9.17, 15) is 29.2 Å². The molecule has 1 atom stereocenters. The zero-order valence-electron chi connectivity index (χ0n) is 31.5. The second-order valence-corrected chi connectivity index (χ2v) is 15.8. The first-order valence-corrected chi connectivity index (χ1v) is 20.1. The molecule has 1 unspecified atom stereocenters. The third kappa shape index (κ3) is 6.56. The summed E-state index contributed by atoms with van der Waals surface area (Å²) >= 11 is 1.49. The van der Waals surface area contributed by atoms with Crippen LogP contribution in [-0.4, -0.2) is 105 Å². The molecule has 3 N–H and O–H groups in total. The summed E-state index contributed by atoms with van der Waals surface area (Å²) in [6, 6.07) is 13.8. The van der Waals surface area contributed by atoms with Gasteiger partial charge in [0.1, 0.15) is 12.1 Å². The van der Waals surface area contributed by atoms with Crippen molar-refractivity contribution in [3.8, 4) is 28.0 Å². The Morgan fingerprint density at radius 1 is 0.914 bits per heavy atom. The molecular formula is C40H38N12O5S. The van der Waals surface area contributed by atoms with Crippen LogP contribution >= 0.6 is 11.3 Å². The molecule has 18 heteroatoms. The molecule has 4 aliphatic heterocycles. The van der Waals surface area contributed by atoms with Crippen molar-refractivity contribution >= 4 is 62.9 Å². The first-order chi connectivity index (χ1) is 28.2. The number of nitrogens with zero attached hydrogens (tertiary/aromatic N) is 9. The van der Waals surface area contributed by atoms with E-state index in [1.165, 1.54) is 17.5 Å². The van der Waals surface area contributed by atoms with E-state index in [1.807, 2.05) is 30.1 Å². The molecule has 4 aromatic heterocycles. The third-order valence-corrected chi connectivity index (χ3v) is 12.5. The number of amides is 5. The van der Waals surface area contributed by atoms with Crippen molar-refractivity contribution in [1.82, 2.24) is 40.3 Å². The molecule has 0 aliphatic carbocycles. The van der Waals surface area contributed by atoms with E-state index >= 15 is 0 Å². The van der Waals surface area contributed by atoms with Crippen LogP contribution in [0, 0.1) is 17.2 Å². The van der Waals surface area contributed by atoms with Gasteiger partial charge in [-0.1, -0.05) is 17.4 Å². The van der Waals surface area contributed by atoms with E-state index in [-0.39, 0.29) is 41.8 Å². The number of imide groups is 2. The van der Waals surface area contributed by atoms with Crippen LogP contribution in [0.1, 0.15) is 64.8 Å². The standard InChI is InChI=1S/C40H38N12O5S/c1-42-28-18-29(30-6-5-25-17-22(19-41)20-44-52(25)30)43-21-27(28)37-47-48-40(58-37)50-15-11-24(12-16-50)45-35(54)23-9-13-49(14-10-23)31-4-2-3-26-34(31)39(57)51(38(26)56)32-7-8-33(53)46-36(32)55/h2-6,17-18,20-21,23-24,32H,7-16H2,1H3,(H,42,43)(H,45,54)(H,46,53,55). The Morgan fingerprint density at radius 3 is 2.47 bits per heavy atom. The van der Waals surface area contributed by atoms with E-state index in [0.717, 1.165) is 69.1 Å². The molecule has 4 aliphatic rings.